The number of aromatic nitrogens is 2. The van der Waals surface area contributed by atoms with Crippen LogP contribution in [0.25, 0.3) is 0 Å². The van der Waals surface area contributed by atoms with E-state index in [0.29, 0.717) is 11.4 Å². The molecule has 0 unspecified atom stereocenters. The van der Waals surface area contributed by atoms with Gasteiger partial charge < -0.3 is 16.3 Å². The van der Waals surface area contributed by atoms with E-state index in [1.807, 2.05) is 0 Å². The smallest absolute Gasteiger partial charge is 0.237 e. The summed E-state index contributed by atoms with van der Waals surface area (Å²) in [4.78, 5) is 12.0. The molecule has 0 spiro atoms. The number of anilines is 1. The van der Waals surface area contributed by atoms with Crippen molar-refractivity contribution >= 4 is 17.4 Å². The first-order chi connectivity index (χ1) is 7.78. The van der Waals surface area contributed by atoms with E-state index < -0.39 is 5.41 Å². The lowest BCUT2D eigenvalue weighted by molar-refractivity contribution is -0.121. The van der Waals surface area contributed by atoms with Gasteiger partial charge in [0.15, 0.2) is 5.84 Å². The molecule has 0 atom stereocenters. The Bertz CT molecular complexity index is 461. The summed E-state index contributed by atoms with van der Waals surface area (Å²) >= 11 is 0. The molecule has 17 heavy (non-hydrogen) atoms. The lowest BCUT2D eigenvalue weighted by atomic mass is 9.91. The summed E-state index contributed by atoms with van der Waals surface area (Å²) < 4.78 is 1.60. The number of amides is 1. The van der Waals surface area contributed by atoms with Crippen molar-refractivity contribution in [2.24, 2.45) is 23.4 Å². The monoisotopic (exact) mass is 239 g/mol. The van der Waals surface area contributed by atoms with E-state index in [9.17, 15) is 4.79 Å². The number of carbonyl (C=O) groups is 1. The fourth-order valence-corrected chi connectivity index (χ4v) is 1.24. The topological polar surface area (TPSA) is 106 Å². The van der Waals surface area contributed by atoms with E-state index in [0.717, 1.165) is 0 Å². The largest absolute Gasteiger partial charge is 0.409 e. The third kappa shape index (κ3) is 2.55. The number of hydrogen-bond acceptors (Lipinski definition) is 4. The molecular weight excluding hydrogens is 222 g/mol. The van der Waals surface area contributed by atoms with Crippen molar-refractivity contribution < 1.29 is 10.0 Å². The normalized spacial score (nSPS) is 12.6. The standard InChI is InChI=1S/C10H17N5O2/c1-6-7(5-15(4)13-6)12-9(16)10(2,3)8(11)14-17/h5,17H,1-4H3,(H2,11,14)(H,12,16). The molecule has 1 aromatic heterocycles. The van der Waals surface area contributed by atoms with E-state index in [1.165, 1.54) is 0 Å². The first kappa shape index (κ1) is 13.0. The quantitative estimate of drug-likeness (QED) is 0.308. The predicted molar refractivity (Wildman–Crippen MR) is 63.8 cm³/mol. The molecule has 1 aromatic rings. The number of nitrogens with one attached hydrogen (secondary N) is 1. The molecular formula is C10H17N5O2. The molecule has 1 amide bonds. The number of oxime groups is 1. The first-order valence-corrected chi connectivity index (χ1v) is 5.08. The van der Waals surface area contributed by atoms with Crippen molar-refractivity contribution in [1.82, 2.24) is 9.78 Å². The van der Waals surface area contributed by atoms with Gasteiger partial charge in [-0.15, -0.1) is 0 Å². The highest BCUT2D eigenvalue weighted by Gasteiger charge is 2.33. The molecule has 7 heteroatoms. The highest BCUT2D eigenvalue weighted by molar-refractivity contribution is 6.11. The maximum Gasteiger partial charge on any atom is 0.237 e. The molecule has 0 aliphatic rings. The van der Waals surface area contributed by atoms with Gasteiger partial charge in [-0.1, -0.05) is 5.16 Å². The molecule has 1 heterocycles. The van der Waals surface area contributed by atoms with Crippen LogP contribution in [0.4, 0.5) is 5.69 Å². The van der Waals surface area contributed by atoms with E-state index >= 15 is 0 Å². The number of aryl methyl sites for hydroxylation is 2. The zero-order valence-corrected chi connectivity index (χ0v) is 10.4. The summed E-state index contributed by atoms with van der Waals surface area (Å²) in [6.45, 7) is 4.93. The van der Waals surface area contributed by atoms with Crippen LogP contribution in [0, 0.1) is 12.3 Å². The molecule has 0 aromatic carbocycles. The van der Waals surface area contributed by atoms with Crippen LogP contribution in [-0.4, -0.2) is 26.7 Å². The molecule has 0 saturated carbocycles. The molecule has 0 saturated heterocycles. The number of nitrogens with two attached hydrogens (primary N) is 1. The zero-order chi connectivity index (χ0) is 13.2. The van der Waals surface area contributed by atoms with Gasteiger partial charge in [-0.05, 0) is 20.8 Å². The van der Waals surface area contributed by atoms with Crippen LogP contribution >= 0.6 is 0 Å². The van der Waals surface area contributed by atoms with Gasteiger partial charge in [0.25, 0.3) is 0 Å². The minimum atomic E-state index is -1.09. The van der Waals surface area contributed by atoms with Gasteiger partial charge in [-0.3, -0.25) is 9.48 Å². The van der Waals surface area contributed by atoms with Crippen molar-refractivity contribution in [2.75, 3.05) is 5.32 Å². The van der Waals surface area contributed by atoms with Crippen molar-refractivity contribution in [3.05, 3.63) is 11.9 Å². The van der Waals surface area contributed by atoms with E-state index in [1.54, 1.807) is 38.7 Å². The summed E-state index contributed by atoms with van der Waals surface area (Å²) in [6, 6.07) is 0. The highest BCUT2D eigenvalue weighted by Crippen LogP contribution is 2.20. The average molecular weight is 239 g/mol. The SMILES string of the molecule is Cc1nn(C)cc1NC(=O)C(C)(C)/C(N)=N/O. The minimum Gasteiger partial charge on any atom is -0.409 e. The van der Waals surface area contributed by atoms with Crippen LogP contribution in [0.5, 0.6) is 0 Å². The van der Waals surface area contributed by atoms with Gasteiger partial charge >= 0.3 is 0 Å². The second kappa shape index (κ2) is 4.44. The number of nitrogens with zero attached hydrogens (tertiary/aromatic N) is 3. The van der Waals surface area contributed by atoms with Crippen LogP contribution in [0.1, 0.15) is 19.5 Å². The Labute approximate surface area is 99.3 Å². The second-order valence-corrected chi connectivity index (χ2v) is 4.37. The Kier molecular flexibility index (Phi) is 3.40. The number of amidine groups is 1. The molecule has 1 rings (SSSR count). The summed E-state index contributed by atoms with van der Waals surface area (Å²) in [5, 5.41) is 18.3. The van der Waals surface area contributed by atoms with Crippen LogP contribution < -0.4 is 11.1 Å². The molecule has 0 fully saturated rings. The van der Waals surface area contributed by atoms with Crippen molar-refractivity contribution in [3.63, 3.8) is 0 Å². The third-order valence-electron chi connectivity index (χ3n) is 2.58. The summed E-state index contributed by atoms with van der Waals surface area (Å²) in [5.74, 6) is -0.500. The van der Waals surface area contributed by atoms with Gasteiger partial charge in [0.05, 0.1) is 11.4 Å². The Morgan fingerprint density at radius 1 is 1.65 bits per heavy atom. The number of hydrogen-bond donors (Lipinski definition) is 3. The number of carbonyl (C=O) groups excluding carboxylic acids is 1. The van der Waals surface area contributed by atoms with Gasteiger partial charge in [0, 0.05) is 13.2 Å². The Hall–Kier alpha value is -2.05. The fourth-order valence-electron chi connectivity index (χ4n) is 1.24. The molecule has 0 aliphatic heterocycles. The fraction of sp³-hybridized carbons (Fsp3) is 0.500. The average Bonchev–Trinajstić information content (AvgIpc) is 2.56. The Morgan fingerprint density at radius 3 is 2.65 bits per heavy atom. The van der Waals surface area contributed by atoms with Crippen molar-refractivity contribution in [3.8, 4) is 0 Å². The summed E-state index contributed by atoms with van der Waals surface area (Å²) in [7, 11) is 1.76. The predicted octanol–water partition coefficient (Wildman–Crippen LogP) is 0.440. The van der Waals surface area contributed by atoms with Gasteiger partial charge in [-0.25, -0.2) is 0 Å². The van der Waals surface area contributed by atoms with E-state index in [2.05, 4.69) is 15.6 Å². The van der Waals surface area contributed by atoms with Gasteiger partial charge in [-0.2, -0.15) is 5.10 Å². The lowest BCUT2D eigenvalue weighted by Crippen LogP contribution is -2.42. The molecule has 94 valence electrons. The highest BCUT2D eigenvalue weighted by atomic mass is 16.4. The van der Waals surface area contributed by atoms with Crippen LogP contribution in [0.2, 0.25) is 0 Å². The zero-order valence-electron chi connectivity index (χ0n) is 10.4. The molecule has 0 aliphatic carbocycles. The molecule has 0 bridgehead atoms. The van der Waals surface area contributed by atoms with Crippen LogP contribution in [0.15, 0.2) is 11.4 Å². The third-order valence-corrected chi connectivity index (χ3v) is 2.58. The van der Waals surface area contributed by atoms with Crippen LogP contribution in [-0.2, 0) is 11.8 Å². The molecule has 0 radical (unpaired) electrons. The summed E-state index contributed by atoms with van der Waals surface area (Å²) in [6.07, 6.45) is 1.69. The maximum absolute atomic E-state index is 12.0. The van der Waals surface area contributed by atoms with Crippen molar-refractivity contribution in [2.45, 2.75) is 20.8 Å². The Balaban J connectivity index is 2.90. The summed E-state index contributed by atoms with van der Waals surface area (Å²) in [5.41, 5.74) is 5.69. The second-order valence-electron chi connectivity index (χ2n) is 4.37. The van der Waals surface area contributed by atoms with E-state index in [4.69, 9.17) is 10.9 Å². The molecule has 7 nitrogen and oxygen atoms in total. The van der Waals surface area contributed by atoms with E-state index in [-0.39, 0.29) is 11.7 Å². The van der Waals surface area contributed by atoms with Gasteiger partial charge in [0.1, 0.15) is 5.41 Å². The molecule has 4 N–H and O–H groups in total. The minimum absolute atomic E-state index is 0.142. The lowest BCUT2D eigenvalue weighted by Gasteiger charge is -2.21. The number of rotatable bonds is 3. The van der Waals surface area contributed by atoms with Crippen LogP contribution in [0.3, 0.4) is 0 Å². The first-order valence-electron chi connectivity index (χ1n) is 5.08. The maximum atomic E-state index is 12.0. The van der Waals surface area contributed by atoms with Gasteiger partial charge in [0.2, 0.25) is 5.91 Å². The van der Waals surface area contributed by atoms with Crippen molar-refractivity contribution in [1.29, 1.82) is 0 Å². The Morgan fingerprint density at radius 2 is 2.24 bits per heavy atom.